The molecule has 18 heteroatoms. The summed E-state index contributed by atoms with van der Waals surface area (Å²) in [5, 5.41) is 40.4. The molecule has 0 amide bonds. The van der Waals surface area contributed by atoms with Crippen LogP contribution in [0.4, 0.5) is 19.6 Å². The predicted molar refractivity (Wildman–Crippen MR) is 278 cm³/mol. The topological polar surface area (TPSA) is 216 Å². The Morgan fingerprint density at radius 1 is 0.472 bits per heavy atom. The fourth-order valence-electron chi connectivity index (χ4n) is 9.07. The number of benzene rings is 4. The third kappa shape index (κ3) is 6.75. The summed E-state index contributed by atoms with van der Waals surface area (Å²) < 4.78 is 18.9. The molecule has 0 N–H and O–H groups in total. The van der Waals surface area contributed by atoms with E-state index in [0.29, 0.717) is 82.5 Å². The average Bonchev–Trinajstić information content (AvgIpc) is 4.30. The van der Waals surface area contributed by atoms with Crippen molar-refractivity contribution in [3.8, 4) is 24.3 Å². The summed E-state index contributed by atoms with van der Waals surface area (Å²) in [5.74, 6) is -0.896. The van der Waals surface area contributed by atoms with Crippen LogP contribution in [0.15, 0.2) is 142 Å². The minimum Gasteiger partial charge on any atom is -0.444 e. The maximum atomic E-state index is 14.6. The lowest BCUT2D eigenvalue weighted by molar-refractivity contribution is 0.106. The molecule has 72 heavy (non-hydrogen) atoms. The Labute approximate surface area is 421 Å². The number of rotatable bonds is 6. The summed E-state index contributed by atoms with van der Waals surface area (Å²) in [6.45, 7) is -0.0834. The maximum absolute atomic E-state index is 14.6. The Kier molecular flexibility index (Phi) is 10.5. The molecule has 6 heterocycles. The first-order valence-corrected chi connectivity index (χ1v) is 24.9. The van der Waals surface area contributed by atoms with E-state index in [1.54, 1.807) is 60.7 Å². The van der Waals surface area contributed by atoms with E-state index in [4.69, 9.17) is 19.5 Å². The van der Waals surface area contributed by atoms with Crippen LogP contribution < -0.4 is 0 Å². The van der Waals surface area contributed by atoms with Crippen LogP contribution in [0.1, 0.15) is 43.0 Å². The lowest BCUT2D eigenvalue weighted by Crippen LogP contribution is -2.13. The third-order valence-electron chi connectivity index (χ3n) is 12.2. The zero-order chi connectivity index (χ0) is 49.4. The Bertz CT molecular complexity index is 4100. The zero-order valence-electron chi connectivity index (χ0n) is 36.6. The Morgan fingerprint density at radius 2 is 0.819 bits per heavy atom. The normalized spacial score (nSPS) is 14.1. The smallest absolute Gasteiger partial charge is 0.419 e. The van der Waals surface area contributed by atoms with Gasteiger partial charge in [-0.15, -0.1) is 45.3 Å². The fourth-order valence-corrected chi connectivity index (χ4v) is 14.2. The summed E-state index contributed by atoms with van der Waals surface area (Å²) >= 11 is 5.14. The van der Waals surface area contributed by atoms with E-state index in [-0.39, 0.29) is 46.9 Å². The van der Waals surface area contributed by atoms with Gasteiger partial charge in [-0.05, 0) is 34.4 Å². The van der Waals surface area contributed by atoms with Crippen LogP contribution in [0.5, 0.6) is 0 Å². The molecule has 340 valence electrons. The van der Waals surface area contributed by atoms with Gasteiger partial charge in [0.25, 0.3) is 0 Å². The van der Waals surface area contributed by atoms with Gasteiger partial charge in [-0.2, -0.15) is 21.0 Å². The molecule has 0 saturated carbocycles. The quantitative estimate of drug-likeness (QED) is 0.144. The largest absolute Gasteiger partial charge is 0.444 e. The molecule has 14 nitrogen and oxygen atoms in total. The van der Waals surface area contributed by atoms with E-state index in [1.807, 2.05) is 84.9 Å². The van der Waals surface area contributed by atoms with Gasteiger partial charge in [0.1, 0.15) is 70.1 Å². The van der Waals surface area contributed by atoms with Gasteiger partial charge in [0.2, 0.25) is 11.6 Å². The summed E-state index contributed by atoms with van der Waals surface area (Å²) in [6, 6.07) is 42.8. The highest BCUT2D eigenvalue weighted by Gasteiger charge is 2.37. The van der Waals surface area contributed by atoms with Gasteiger partial charge in [-0.25, -0.2) is 28.7 Å². The van der Waals surface area contributed by atoms with Crippen molar-refractivity contribution in [2.45, 2.75) is 13.2 Å². The molecule has 0 spiro atoms. The van der Waals surface area contributed by atoms with Crippen molar-refractivity contribution in [2.75, 3.05) is 0 Å². The van der Waals surface area contributed by atoms with E-state index in [2.05, 4.69) is 0 Å². The van der Waals surface area contributed by atoms with Crippen LogP contribution >= 0.6 is 45.3 Å². The van der Waals surface area contributed by atoms with Gasteiger partial charge >= 0.3 is 12.2 Å². The number of nitriles is 4. The van der Waals surface area contributed by atoms with E-state index in [1.165, 1.54) is 54.5 Å². The molecular formula is C54H24N8O6S4. The van der Waals surface area contributed by atoms with Gasteiger partial charge < -0.3 is 9.47 Å². The van der Waals surface area contributed by atoms with Gasteiger partial charge in [0.05, 0.1) is 50.3 Å². The van der Waals surface area contributed by atoms with Crippen LogP contribution in [0, 0.1) is 45.3 Å². The first-order valence-electron chi connectivity index (χ1n) is 21.7. The Balaban J connectivity index is 1.07. The third-order valence-corrected chi connectivity index (χ3v) is 17.0. The Morgan fingerprint density at radius 3 is 1.19 bits per heavy atom. The molecule has 0 saturated heterocycles. The molecule has 2 aliphatic rings. The maximum Gasteiger partial charge on any atom is 0.419 e. The summed E-state index contributed by atoms with van der Waals surface area (Å²) in [5.41, 5.74) is 4.53. The molecule has 4 aromatic carbocycles. The lowest BCUT2D eigenvalue weighted by Gasteiger charge is -2.07. The number of aromatic nitrogens is 2. The van der Waals surface area contributed by atoms with E-state index in [0.717, 1.165) is 11.1 Å². The number of fused-ring (bicyclic) bond motifs is 11. The molecule has 2 aliphatic carbocycles. The second kappa shape index (κ2) is 17.2. The first kappa shape index (κ1) is 43.9. The molecule has 0 bridgehead atoms. The highest BCUT2D eigenvalue weighted by Crippen LogP contribution is 2.54. The monoisotopic (exact) mass is 1010 g/mol. The van der Waals surface area contributed by atoms with Gasteiger partial charge in [-0.1, -0.05) is 109 Å². The van der Waals surface area contributed by atoms with Crippen molar-refractivity contribution in [3.05, 3.63) is 166 Å². The summed E-state index contributed by atoms with van der Waals surface area (Å²) in [6.07, 6.45) is -1.39. The fraction of sp³-hybridized carbons (Fsp3) is 0.0370. The minimum atomic E-state index is -0.695. The number of Topliss-reactive ketones (excluding diaryl/α,β-unsaturated/α-hetero) is 2. The van der Waals surface area contributed by atoms with Crippen molar-refractivity contribution in [3.63, 3.8) is 0 Å². The number of thiophene rings is 4. The molecule has 0 unspecified atom stereocenters. The molecule has 0 atom stereocenters. The summed E-state index contributed by atoms with van der Waals surface area (Å²) in [4.78, 5) is 66.5. The van der Waals surface area contributed by atoms with Gasteiger partial charge in [0.15, 0.2) is 0 Å². The molecule has 10 aromatic rings. The number of ketones is 2. The SMILES string of the molecule is N#CC(C#N)=C1C(=Nc2cc3c(s2)c2sc4c(sc5c6sc(N=C7C(=O)c8ccccc8C7=C(C#N)C#N)cc6n(C(=O)OCc6ccccc6)c54)c2n3C(=O)OCc2ccccc2)C(=O)c2ccccc21. The lowest BCUT2D eigenvalue weighted by atomic mass is 10.0. The molecular weight excluding hydrogens is 985 g/mol. The van der Waals surface area contributed by atoms with Gasteiger partial charge in [-0.3, -0.25) is 9.59 Å². The second-order valence-electron chi connectivity index (χ2n) is 16.2. The molecule has 0 radical (unpaired) electrons. The predicted octanol–water partition coefficient (Wildman–Crippen LogP) is 13.2. The van der Waals surface area contributed by atoms with E-state index >= 15 is 0 Å². The number of hydrogen-bond acceptors (Lipinski definition) is 16. The first-order chi connectivity index (χ1) is 35.2. The number of allylic oxidation sites excluding steroid dienone is 4. The van der Waals surface area contributed by atoms with Crippen molar-refractivity contribution >= 4 is 152 Å². The zero-order valence-corrected chi connectivity index (χ0v) is 39.9. The van der Waals surface area contributed by atoms with Crippen molar-refractivity contribution in [1.82, 2.24) is 9.13 Å². The number of nitrogens with zero attached hydrogens (tertiary/aromatic N) is 8. The number of ether oxygens (including phenoxy) is 2. The molecule has 0 fully saturated rings. The molecule has 12 rings (SSSR count). The van der Waals surface area contributed by atoms with Crippen molar-refractivity contribution < 1.29 is 28.7 Å². The van der Waals surface area contributed by atoms with Crippen LogP contribution in [-0.2, 0) is 22.7 Å². The number of aliphatic imine (C=N–C) groups is 2. The van der Waals surface area contributed by atoms with E-state index < -0.39 is 23.8 Å². The molecule has 6 aromatic heterocycles. The Hall–Kier alpha value is -9.40. The van der Waals surface area contributed by atoms with Crippen molar-refractivity contribution in [1.29, 1.82) is 21.0 Å². The number of carbonyl (C=O) groups is 4. The van der Waals surface area contributed by atoms with Crippen LogP contribution in [0.2, 0.25) is 0 Å². The van der Waals surface area contributed by atoms with Crippen LogP contribution in [0.25, 0.3) is 61.4 Å². The highest BCUT2D eigenvalue weighted by atomic mass is 32.1. The van der Waals surface area contributed by atoms with Crippen LogP contribution in [-0.4, -0.2) is 44.3 Å². The number of hydrogen-bond donors (Lipinski definition) is 0. The second-order valence-corrected chi connectivity index (χ2v) is 20.3. The van der Waals surface area contributed by atoms with Crippen LogP contribution in [0.3, 0.4) is 0 Å². The van der Waals surface area contributed by atoms with E-state index in [9.17, 15) is 40.2 Å². The van der Waals surface area contributed by atoms with Crippen molar-refractivity contribution in [2.24, 2.45) is 9.98 Å². The van der Waals surface area contributed by atoms with Gasteiger partial charge in [0, 0.05) is 22.3 Å². The standard InChI is InChI=1S/C54H24N8O6S4/c55-21-29(22-56)39-31-15-7-9-17-33(31)45(63)41(39)59-37-19-35-47(69-37)49-43(61(35)53(65)67-25-27-11-3-1-4-12-27)51-52(71-49)44-50(72-51)48-36(62(44)54(66)68-26-28-13-5-2-6-14-28)20-38(70-48)60-42-40(30(23-57)24-58)32-16-8-10-18-34(32)46(42)64/h1-20H,25-26H2. The number of carbonyl (C=O) groups excluding carboxylic acids is 4. The molecule has 0 aliphatic heterocycles. The summed E-state index contributed by atoms with van der Waals surface area (Å²) in [7, 11) is 0. The minimum absolute atomic E-state index is 0.0417. The average molecular weight is 1010 g/mol. The highest BCUT2D eigenvalue weighted by molar-refractivity contribution is 7.40.